The third-order valence-corrected chi connectivity index (χ3v) is 3.96. The van der Waals surface area contributed by atoms with Gasteiger partial charge in [0.25, 0.3) is 5.69 Å². The lowest BCUT2D eigenvalue weighted by Gasteiger charge is -2.14. The van der Waals surface area contributed by atoms with Crippen molar-refractivity contribution in [3.8, 4) is 22.9 Å². The number of aromatic amines is 1. The van der Waals surface area contributed by atoms with Crippen molar-refractivity contribution in [1.82, 2.24) is 15.2 Å². The highest BCUT2D eigenvalue weighted by molar-refractivity contribution is 5.59. The molecular weight excluding hydrogens is 350 g/mol. The molecule has 0 bridgehead atoms. The van der Waals surface area contributed by atoms with Crippen LogP contribution in [0.15, 0.2) is 42.5 Å². The van der Waals surface area contributed by atoms with Gasteiger partial charge in [-0.15, -0.1) is 0 Å². The molecule has 140 valence electrons. The van der Waals surface area contributed by atoms with E-state index in [-0.39, 0.29) is 5.69 Å². The number of ether oxygens (including phenoxy) is 2. The lowest BCUT2D eigenvalue weighted by molar-refractivity contribution is -0.384. The zero-order chi connectivity index (χ0) is 19.4. The topological polar surface area (TPSA) is 129 Å². The monoisotopic (exact) mass is 369 g/mol. The molecule has 1 atom stereocenters. The van der Waals surface area contributed by atoms with Crippen molar-refractivity contribution in [2.75, 3.05) is 13.7 Å². The normalized spacial score (nSPS) is 11.8. The molecule has 0 saturated heterocycles. The number of nitrogens with zero attached hydrogens (tertiary/aromatic N) is 3. The Labute approximate surface area is 155 Å². The number of hydrogen-bond donors (Lipinski definition) is 2. The van der Waals surface area contributed by atoms with E-state index in [0.717, 1.165) is 5.56 Å². The van der Waals surface area contributed by atoms with Gasteiger partial charge in [-0.1, -0.05) is 18.2 Å². The molecule has 3 aromatic rings. The van der Waals surface area contributed by atoms with E-state index in [2.05, 4.69) is 15.2 Å². The Balaban J connectivity index is 1.89. The van der Waals surface area contributed by atoms with Crippen molar-refractivity contribution in [2.45, 2.75) is 13.0 Å². The van der Waals surface area contributed by atoms with Gasteiger partial charge in [-0.3, -0.25) is 15.2 Å². The van der Waals surface area contributed by atoms with E-state index in [1.165, 1.54) is 12.1 Å². The third-order valence-electron chi connectivity index (χ3n) is 3.96. The van der Waals surface area contributed by atoms with Crippen LogP contribution in [0.3, 0.4) is 0 Å². The van der Waals surface area contributed by atoms with Crippen LogP contribution in [0.1, 0.15) is 24.4 Å². The molecule has 0 unspecified atom stereocenters. The second-order valence-electron chi connectivity index (χ2n) is 5.67. The van der Waals surface area contributed by atoms with Crippen LogP contribution in [0.25, 0.3) is 11.4 Å². The second-order valence-corrected chi connectivity index (χ2v) is 5.67. The quantitative estimate of drug-likeness (QED) is 0.484. The van der Waals surface area contributed by atoms with Crippen LogP contribution in [0.5, 0.6) is 11.5 Å². The van der Waals surface area contributed by atoms with Gasteiger partial charge in [0.15, 0.2) is 17.3 Å². The van der Waals surface area contributed by atoms with Crippen molar-refractivity contribution in [3.05, 3.63) is 64.0 Å². The number of nitrogens with one attached hydrogen (secondary N) is 1. The fourth-order valence-corrected chi connectivity index (χ4v) is 2.61. The number of hydrogen-bond acceptors (Lipinski definition) is 7. The first-order chi connectivity index (χ1) is 13.0. The van der Waals surface area contributed by atoms with Gasteiger partial charge in [-0.05, 0) is 24.6 Å². The molecule has 0 aliphatic rings. The van der Waals surface area contributed by atoms with Crippen molar-refractivity contribution in [3.63, 3.8) is 0 Å². The predicted molar refractivity (Wildman–Crippen MR) is 98.7 cm³/mol. The molecule has 0 fully saturated rings. The highest BCUT2D eigenvalue weighted by Crippen LogP contribution is 2.31. The van der Waals surface area contributed by atoms with Gasteiger partial charge < -0.3 is 15.2 Å². The zero-order valence-corrected chi connectivity index (χ0v) is 14.9. The van der Waals surface area contributed by atoms with E-state index in [9.17, 15) is 10.1 Å². The van der Waals surface area contributed by atoms with Gasteiger partial charge in [0.1, 0.15) is 5.82 Å². The molecule has 9 heteroatoms. The van der Waals surface area contributed by atoms with Crippen molar-refractivity contribution in [2.24, 2.45) is 5.73 Å². The number of aromatic nitrogens is 3. The Kier molecular flexibility index (Phi) is 5.32. The summed E-state index contributed by atoms with van der Waals surface area (Å²) in [5.41, 5.74) is 7.57. The number of nitro benzene ring substituents is 1. The highest BCUT2D eigenvalue weighted by atomic mass is 16.6. The summed E-state index contributed by atoms with van der Waals surface area (Å²) >= 11 is 0. The Hall–Kier alpha value is -3.46. The number of non-ortho nitro benzene ring substituents is 1. The number of H-pyrrole nitrogens is 1. The van der Waals surface area contributed by atoms with Gasteiger partial charge in [0, 0.05) is 17.7 Å². The van der Waals surface area contributed by atoms with E-state index >= 15 is 0 Å². The Morgan fingerprint density at radius 3 is 2.78 bits per heavy atom. The van der Waals surface area contributed by atoms with Gasteiger partial charge in [-0.25, -0.2) is 4.98 Å². The van der Waals surface area contributed by atoms with Gasteiger partial charge in [0.05, 0.1) is 24.7 Å². The van der Waals surface area contributed by atoms with Gasteiger partial charge in [0.2, 0.25) is 0 Å². The summed E-state index contributed by atoms with van der Waals surface area (Å²) in [7, 11) is 1.57. The molecule has 2 aromatic carbocycles. The number of methoxy groups -OCH3 is 1. The van der Waals surface area contributed by atoms with Crippen LogP contribution in [-0.4, -0.2) is 33.8 Å². The molecule has 0 spiro atoms. The minimum absolute atomic E-state index is 0.0281. The summed E-state index contributed by atoms with van der Waals surface area (Å²) in [5.74, 6) is 1.97. The Morgan fingerprint density at radius 1 is 1.26 bits per heavy atom. The number of benzene rings is 2. The Bertz CT molecular complexity index is 956. The van der Waals surface area contributed by atoms with Crippen LogP contribution in [0.2, 0.25) is 0 Å². The molecule has 0 aliphatic carbocycles. The van der Waals surface area contributed by atoms with Gasteiger partial charge >= 0.3 is 0 Å². The highest BCUT2D eigenvalue weighted by Gasteiger charge is 2.18. The van der Waals surface area contributed by atoms with E-state index in [1.807, 2.05) is 13.0 Å². The number of rotatable bonds is 7. The second kappa shape index (κ2) is 7.83. The molecule has 9 nitrogen and oxygen atoms in total. The van der Waals surface area contributed by atoms with E-state index in [4.69, 9.17) is 15.2 Å². The predicted octanol–water partition coefficient (Wildman–Crippen LogP) is 2.84. The van der Waals surface area contributed by atoms with Crippen LogP contribution in [0.4, 0.5) is 5.69 Å². The number of nitrogens with two attached hydrogens (primary N) is 1. The average molecular weight is 369 g/mol. The molecule has 0 amide bonds. The minimum atomic E-state index is -0.574. The SMILES string of the molecule is CCOc1cc([C@H](N)c2nc(-c3cccc([N+](=O)[O-])c3)n[nH]2)ccc1OC. The fraction of sp³-hybridized carbons (Fsp3) is 0.222. The third kappa shape index (κ3) is 3.87. The smallest absolute Gasteiger partial charge is 0.270 e. The molecule has 0 radical (unpaired) electrons. The first kappa shape index (κ1) is 18.3. The molecule has 0 aliphatic heterocycles. The standard InChI is InChI=1S/C18H19N5O4/c1-3-27-15-10-11(7-8-14(15)26-2)16(19)18-20-17(21-22-18)12-5-4-6-13(9-12)23(24)25/h4-10,16H,3,19H2,1-2H3,(H,20,21,22)/t16-/m0/s1. The lowest BCUT2D eigenvalue weighted by Crippen LogP contribution is -2.14. The van der Waals surface area contributed by atoms with Crippen LogP contribution in [-0.2, 0) is 0 Å². The van der Waals surface area contributed by atoms with Crippen LogP contribution < -0.4 is 15.2 Å². The average Bonchev–Trinajstić information content (AvgIpc) is 3.18. The maximum Gasteiger partial charge on any atom is 0.270 e. The van der Waals surface area contributed by atoms with Crippen molar-refractivity contribution < 1.29 is 14.4 Å². The van der Waals surface area contributed by atoms with E-state index in [1.54, 1.807) is 31.4 Å². The van der Waals surface area contributed by atoms with Crippen molar-refractivity contribution in [1.29, 1.82) is 0 Å². The Morgan fingerprint density at radius 2 is 2.07 bits per heavy atom. The maximum atomic E-state index is 10.9. The zero-order valence-electron chi connectivity index (χ0n) is 14.9. The summed E-state index contributed by atoms with van der Waals surface area (Å²) in [6.07, 6.45) is 0. The van der Waals surface area contributed by atoms with Crippen LogP contribution >= 0.6 is 0 Å². The molecule has 3 rings (SSSR count). The molecule has 1 heterocycles. The molecule has 3 N–H and O–H groups in total. The van der Waals surface area contributed by atoms with Crippen molar-refractivity contribution >= 4 is 5.69 Å². The summed E-state index contributed by atoms with van der Waals surface area (Å²) in [6.45, 7) is 2.38. The lowest BCUT2D eigenvalue weighted by atomic mass is 10.1. The van der Waals surface area contributed by atoms with E-state index < -0.39 is 11.0 Å². The fourth-order valence-electron chi connectivity index (χ4n) is 2.61. The minimum Gasteiger partial charge on any atom is -0.493 e. The first-order valence-corrected chi connectivity index (χ1v) is 8.27. The maximum absolute atomic E-state index is 10.9. The molecule has 1 aromatic heterocycles. The molecular formula is C18H19N5O4. The summed E-state index contributed by atoms with van der Waals surface area (Å²) in [4.78, 5) is 14.9. The molecule has 0 saturated carbocycles. The molecule has 27 heavy (non-hydrogen) atoms. The van der Waals surface area contributed by atoms with E-state index in [0.29, 0.717) is 35.3 Å². The summed E-state index contributed by atoms with van der Waals surface area (Å²) in [6, 6.07) is 10.9. The van der Waals surface area contributed by atoms with Crippen LogP contribution in [0, 0.1) is 10.1 Å². The largest absolute Gasteiger partial charge is 0.493 e. The summed E-state index contributed by atoms with van der Waals surface area (Å²) < 4.78 is 10.8. The number of nitro groups is 1. The van der Waals surface area contributed by atoms with Gasteiger partial charge in [-0.2, -0.15) is 5.10 Å². The summed E-state index contributed by atoms with van der Waals surface area (Å²) in [5, 5.41) is 17.9. The first-order valence-electron chi connectivity index (χ1n) is 8.27.